The lowest BCUT2D eigenvalue weighted by molar-refractivity contribution is -0.117. The summed E-state index contributed by atoms with van der Waals surface area (Å²) in [5, 5.41) is 2.98. The molecule has 1 heterocycles. The van der Waals surface area contributed by atoms with Crippen molar-refractivity contribution >= 4 is 27.5 Å². The van der Waals surface area contributed by atoms with Gasteiger partial charge in [-0.2, -0.15) is 0 Å². The van der Waals surface area contributed by atoms with Crippen molar-refractivity contribution in [3.63, 3.8) is 0 Å². The third-order valence-corrected chi connectivity index (χ3v) is 4.02. The quantitative estimate of drug-likeness (QED) is 0.868. The van der Waals surface area contributed by atoms with Crippen molar-refractivity contribution in [2.75, 3.05) is 18.9 Å². The van der Waals surface area contributed by atoms with E-state index in [2.05, 4.69) is 44.3 Å². The standard InChI is InChI=1S/C16H15BrN2O/c1-19-10-15(20)18-14-8-7-12(17)9-13(14)16(19)11-5-3-2-4-6-11/h2-9,16H,10H2,1H3,(H,18,20). The third-order valence-electron chi connectivity index (χ3n) is 3.53. The Balaban J connectivity index is 2.17. The predicted molar refractivity (Wildman–Crippen MR) is 83.7 cm³/mol. The van der Waals surface area contributed by atoms with E-state index in [1.807, 2.05) is 37.4 Å². The van der Waals surface area contributed by atoms with E-state index < -0.39 is 0 Å². The van der Waals surface area contributed by atoms with Gasteiger partial charge < -0.3 is 5.32 Å². The number of amides is 1. The van der Waals surface area contributed by atoms with Gasteiger partial charge >= 0.3 is 0 Å². The molecule has 0 saturated carbocycles. The molecule has 0 spiro atoms. The molecule has 0 saturated heterocycles. The van der Waals surface area contributed by atoms with Gasteiger partial charge in [-0.3, -0.25) is 9.69 Å². The van der Waals surface area contributed by atoms with Crippen LogP contribution in [0.15, 0.2) is 53.0 Å². The van der Waals surface area contributed by atoms with Crippen LogP contribution < -0.4 is 5.32 Å². The van der Waals surface area contributed by atoms with Gasteiger partial charge in [0.25, 0.3) is 0 Å². The largest absolute Gasteiger partial charge is 0.325 e. The van der Waals surface area contributed by atoms with Gasteiger partial charge in [-0.15, -0.1) is 0 Å². The fourth-order valence-corrected chi connectivity index (χ4v) is 3.07. The van der Waals surface area contributed by atoms with Gasteiger partial charge in [0.1, 0.15) is 0 Å². The minimum atomic E-state index is 0.0227. The molecular formula is C16H15BrN2O. The molecule has 102 valence electrons. The Labute approximate surface area is 126 Å². The molecule has 1 aliphatic rings. The van der Waals surface area contributed by atoms with Crippen LogP contribution in [0.5, 0.6) is 0 Å². The molecule has 0 radical (unpaired) electrons. The lowest BCUT2D eigenvalue weighted by atomic mass is 9.96. The van der Waals surface area contributed by atoms with E-state index in [4.69, 9.17) is 0 Å². The van der Waals surface area contributed by atoms with Crippen LogP contribution in [0.4, 0.5) is 5.69 Å². The van der Waals surface area contributed by atoms with Gasteiger partial charge in [-0.1, -0.05) is 46.3 Å². The summed E-state index contributed by atoms with van der Waals surface area (Å²) in [6.07, 6.45) is 0. The van der Waals surface area contributed by atoms with Crippen LogP contribution in [0.2, 0.25) is 0 Å². The second-order valence-electron chi connectivity index (χ2n) is 5.01. The first kappa shape index (κ1) is 13.3. The molecule has 4 heteroatoms. The van der Waals surface area contributed by atoms with Gasteiger partial charge in [0.05, 0.1) is 12.6 Å². The number of carbonyl (C=O) groups excluding carboxylic acids is 1. The molecule has 2 aromatic rings. The maximum absolute atomic E-state index is 12.0. The summed E-state index contributed by atoms with van der Waals surface area (Å²) in [5.41, 5.74) is 3.18. The normalized spacial score (nSPS) is 19.1. The average Bonchev–Trinajstić information content (AvgIpc) is 2.54. The van der Waals surface area contributed by atoms with Gasteiger partial charge in [0.2, 0.25) is 5.91 Å². The van der Waals surface area contributed by atoms with Crippen molar-refractivity contribution < 1.29 is 4.79 Å². The van der Waals surface area contributed by atoms with Crippen molar-refractivity contribution in [1.29, 1.82) is 0 Å². The van der Waals surface area contributed by atoms with Crippen LogP contribution in [0.3, 0.4) is 0 Å². The lowest BCUT2D eigenvalue weighted by Gasteiger charge is -2.26. The van der Waals surface area contributed by atoms with E-state index in [9.17, 15) is 4.79 Å². The van der Waals surface area contributed by atoms with Crippen molar-refractivity contribution in [1.82, 2.24) is 4.90 Å². The molecule has 20 heavy (non-hydrogen) atoms. The molecule has 2 aromatic carbocycles. The van der Waals surface area contributed by atoms with Crippen LogP contribution >= 0.6 is 15.9 Å². The van der Waals surface area contributed by atoms with Crippen LogP contribution in [0, 0.1) is 0 Å². The number of anilines is 1. The molecule has 0 aliphatic carbocycles. The van der Waals surface area contributed by atoms with E-state index in [-0.39, 0.29) is 11.9 Å². The Morgan fingerprint density at radius 3 is 2.70 bits per heavy atom. The predicted octanol–water partition coefficient (Wildman–Crippen LogP) is 3.42. The van der Waals surface area contributed by atoms with Crippen LogP contribution in [0.25, 0.3) is 0 Å². The zero-order valence-corrected chi connectivity index (χ0v) is 12.7. The molecule has 1 amide bonds. The number of carbonyl (C=O) groups is 1. The first-order valence-corrected chi connectivity index (χ1v) is 7.29. The highest BCUT2D eigenvalue weighted by Crippen LogP contribution is 2.36. The number of rotatable bonds is 1. The first-order valence-electron chi connectivity index (χ1n) is 6.49. The Morgan fingerprint density at radius 1 is 1.20 bits per heavy atom. The molecule has 0 fully saturated rings. The van der Waals surface area contributed by atoms with Gasteiger partial charge in [0.15, 0.2) is 0 Å². The fourth-order valence-electron chi connectivity index (χ4n) is 2.69. The van der Waals surface area contributed by atoms with Crippen LogP contribution in [-0.2, 0) is 4.79 Å². The Hall–Kier alpha value is -1.65. The highest BCUT2D eigenvalue weighted by Gasteiger charge is 2.27. The summed E-state index contributed by atoms with van der Waals surface area (Å²) in [7, 11) is 1.98. The van der Waals surface area contributed by atoms with Crippen molar-refractivity contribution in [2.45, 2.75) is 6.04 Å². The third kappa shape index (κ3) is 2.49. The molecule has 1 N–H and O–H groups in total. The minimum Gasteiger partial charge on any atom is -0.325 e. The molecule has 1 aliphatic heterocycles. The smallest absolute Gasteiger partial charge is 0.238 e. The number of fused-ring (bicyclic) bond motifs is 1. The summed E-state index contributed by atoms with van der Waals surface area (Å²) >= 11 is 3.52. The Kier molecular flexibility index (Phi) is 3.59. The maximum atomic E-state index is 12.0. The van der Waals surface area contributed by atoms with Crippen LogP contribution in [0.1, 0.15) is 17.2 Å². The number of nitrogens with zero attached hydrogens (tertiary/aromatic N) is 1. The zero-order chi connectivity index (χ0) is 14.1. The van der Waals surface area contributed by atoms with Crippen molar-refractivity contribution in [2.24, 2.45) is 0 Å². The van der Waals surface area contributed by atoms with E-state index in [0.29, 0.717) is 6.54 Å². The lowest BCUT2D eigenvalue weighted by Crippen LogP contribution is -2.30. The number of nitrogens with one attached hydrogen (secondary N) is 1. The maximum Gasteiger partial charge on any atom is 0.238 e. The summed E-state index contributed by atoms with van der Waals surface area (Å²) < 4.78 is 1.02. The number of hydrogen-bond acceptors (Lipinski definition) is 2. The molecule has 0 aromatic heterocycles. The molecule has 3 rings (SSSR count). The topological polar surface area (TPSA) is 32.3 Å². The SMILES string of the molecule is CN1CC(=O)Nc2ccc(Br)cc2C1c1ccccc1. The second-order valence-corrected chi connectivity index (χ2v) is 5.92. The molecular weight excluding hydrogens is 316 g/mol. The minimum absolute atomic E-state index is 0.0227. The zero-order valence-electron chi connectivity index (χ0n) is 11.1. The molecule has 1 atom stereocenters. The van der Waals surface area contributed by atoms with E-state index in [1.54, 1.807) is 0 Å². The number of likely N-dealkylation sites (N-methyl/N-ethyl adjacent to an activating group) is 1. The van der Waals surface area contributed by atoms with Crippen LogP contribution in [-0.4, -0.2) is 24.4 Å². The number of hydrogen-bond donors (Lipinski definition) is 1. The van der Waals surface area contributed by atoms with Crippen molar-refractivity contribution in [3.8, 4) is 0 Å². The van der Waals surface area contributed by atoms with Gasteiger partial charge in [-0.25, -0.2) is 0 Å². The fraction of sp³-hybridized carbons (Fsp3) is 0.188. The summed E-state index contributed by atoms with van der Waals surface area (Å²) in [6, 6.07) is 16.3. The van der Waals surface area contributed by atoms with Crippen molar-refractivity contribution in [3.05, 3.63) is 64.1 Å². The van der Waals surface area contributed by atoms with E-state index in [1.165, 1.54) is 5.56 Å². The molecule has 0 bridgehead atoms. The Bertz CT molecular complexity index is 642. The highest BCUT2D eigenvalue weighted by atomic mass is 79.9. The monoisotopic (exact) mass is 330 g/mol. The van der Waals surface area contributed by atoms with Gasteiger partial charge in [-0.05, 0) is 36.4 Å². The highest BCUT2D eigenvalue weighted by molar-refractivity contribution is 9.10. The number of benzene rings is 2. The first-order chi connectivity index (χ1) is 9.65. The van der Waals surface area contributed by atoms with E-state index in [0.717, 1.165) is 15.7 Å². The molecule has 3 nitrogen and oxygen atoms in total. The molecule has 1 unspecified atom stereocenters. The van der Waals surface area contributed by atoms with E-state index >= 15 is 0 Å². The number of halogens is 1. The average molecular weight is 331 g/mol. The summed E-state index contributed by atoms with van der Waals surface area (Å²) in [6.45, 7) is 0.381. The van der Waals surface area contributed by atoms with Gasteiger partial charge in [0, 0.05) is 10.2 Å². The summed E-state index contributed by atoms with van der Waals surface area (Å²) in [4.78, 5) is 14.0. The summed E-state index contributed by atoms with van der Waals surface area (Å²) in [5.74, 6) is 0.0227. The Morgan fingerprint density at radius 2 is 1.95 bits per heavy atom. The second kappa shape index (κ2) is 5.38.